The summed E-state index contributed by atoms with van der Waals surface area (Å²) in [5, 5.41) is 7.48. The van der Waals surface area contributed by atoms with Crippen LogP contribution in [0.1, 0.15) is 29.0 Å². The van der Waals surface area contributed by atoms with E-state index >= 15 is 0 Å². The van der Waals surface area contributed by atoms with E-state index in [4.69, 9.17) is 0 Å². The molecule has 0 aliphatic heterocycles. The highest BCUT2D eigenvalue weighted by Crippen LogP contribution is 2.19. The monoisotopic (exact) mass is 431 g/mol. The second-order valence-corrected chi connectivity index (χ2v) is 6.90. The molecule has 0 saturated carbocycles. The average Bonchev–Trinajstić information content (AvgIpc) is 2.98. The van der Waals surface area contributed by atoms with Gasteiger partial charge in [0.1, 0.15) is 5.69 Å². The number of carbonyl (C=O) groups is 1. The van der Waals surface area contributed by atoms with Gasteiger partial charge in [-0.3, -0.25) is 9.48 Å². The summed E-state index contributed by atoms with van der Waals surface area (Å²) in [7, 11) is 1.79. The lowest BCUT2D eigenvalue weighted by Gasteiger charge is -2.14. The second kappa shape index (κ2) is 7.17. The molecule has 122 valence electrons. The molecular weight excluding hydrogens is 413 g/mol. The van der Waals surface area contributed by atoms with Crippen molar-refractivity contribution in [1.82, 2.24) is 15.1 Å². The smallest absolute Gasteiger partial charge is 0.270 e. The SMILES string of the molecule is C[C@@H](NC(=O)c1cc(-c2ccccc2)nn1C)c1ccc(I)cc1. The molecule has 1 heterocycles. The first-order valence-corrected chi connectivity index (χ1v) is 8.78. The van der Waals surface area contributed by atoms with Crippen molar-refractivity contribution in [3.63, 3.8) is 0 Å². The predicted octanol–water partition coefficient (Wildman–Crippen LogP) is 4.18. The highest BCUT2D eigenvalue weighted by molar-refractivity contribution is 14.1. The van der Waals surface area contributed by atoms with Crippen molar-refractivity contribution in [1.29, 1.82) is 0 Å². The summed E-state index contributed by atoms with van der Waals surface area (Å²) < 4.78 is 2.80. The molecule has 24 heavy (non-hydrogen) atoms. The molecule has 0 saturated heterocycles. The van der Waals surface area contributed by atoms with Crippen LogP contribution in [0.2, 0.25) is 0 Å². The molecular formula is C19H18IN3O. The first kappa shape index (κ1) is 16.7. The van der Waals surface area contributed by atoms with Gasteiger partial charge in [-0.1, -0.05) is 42.5 Å². The molecule has 5 heteroatoms. The van der Waals surface area contributed by atoms with Crippen molar-refractivity contribution >= 4 is 28.5 Å². The summed E-state index contributed by atoms with van der Waals surface area (Å²) in [6.45, 7) is 1.98. The maximum Gasteiger partial charge on any atom is 0.270 e. The number of hydrogen-bond acceptors (Lipinski definition) is 2. The minimum absolute atomic E-state index is 0.0652. The van der Waals surface area contributed by atoms with E-state index in [0.29, 0.717) is 5.69 Å². The molecule has 2 aromatic carbocycles. The number of nitrogens with zero attached hydrogens (tertiary/aromatic N) is 2. The Kier molecular flexibility index (Phi) is 4.99. The number of amides is 1. The van der Waals surface area contributed by atoms with Gasteiger partial charge in [-0.05, 0) is 53.3 Å². The summed E-state index contributed by atoms with van der Waals surface area (Å²) in [5.74, 6) is -0.127. The lowest BCUT2D eigenvalue weighted by molar-refractivity contribution is 0.0930. The van der Waals surface area contributed by atoms with Gasteiger partial charge in [-0.15, -0.1) is 0 Å². The highest BCUT2D eigenvalue weighted by Gasteiger charge is 2.17. The molecule has 0 aliphatic rings. The third-order valence-electron chi connectivity index (χ3n) is 3.90. The summed E-state index contributed by atoms with van der Waals surface area (Å²) in [5.41, 5.74) is 3.42. The largest absolute Gasteiger partial charge is 0.344 e. The van der Waals surface area contributed by atoms with Gasteiger partial charge < -0.3 is 5.32 Å². The zero-order chi connectivity index (χ0) is 17.1. The van der Waals surface area contributed by atoms with E-state index in [1.165, 1.54) is 3.57 Å². The number of nitrogens with one attached hydrogen (secondary N) is 1. The Morgan fingerprint density at radius 3 is 2.46 bits per heavy atom. The minimum Gasteiger partial charge on any atom is -0.344 e. The lowest BCUT2D eigenvalue weighted by Crippen LogP contribution is -2.28. The molecule has 1 N–H and O–H groups in total. The van der Waals surface area contributed by atoms with Gasteiger partial charge in [0.2, 0.25) is 0 Å². The lowest BCUT2D eigenvalue weighted by atomic mass is 10.1. The van der Waals surface area contributed by atoms with E-state index in [-0.39, 0.29) is 11.9 Å². The van der Waals surface area contributed by atoms with Crippen LogP contribution in [-0.4, -0.2) is 15.7 Å². The van der Waals surface area contributed by atoms with Crippen molar-refractivity contribution in [3.8, 4) is 11.3 Å². The molecule has 1 aromatic heterocycles. The van der Waals surface area contributed by atoms with Crippen LogP contribution in [-0.2, 0) is 7.05 Å². The first-order valence-electron chi connectivity index (χ1n) is 7.70. The maximum absolute atomic E-state index is 12.6. The Bertz CT molecular complexity index is 841. The van der Waals surface area contributed by atoms with Crippen molar-refractivity contribution in [2.75, 3.05) is 0 Å². The van der Waals surface area contributed by atoms with Gasteiger partial charge in [0.05, 0.1) is 11.7 Å². The van der Waals surface area contributed by atoms with Crippen molar-refractivity contribution in [2.45, 2.75) is 13.0 Å². The Balaban J connectivity index is 1.78. The maximum atomic E-state index is 12.6. The molecule has 4 nitrogen and oxygen atoms in total. The van der Waals surface area contributed by atoms with Crippen LogP contribution in [0.3, 0.4) is 0 Å². The topological polar surface area (TPSA) is 46.9 Å². The summed E-state index contributed by atoms with van der Waals surface area (Å²) in [4.78, 5) is 12.6. The molecule has 1 atom stereocenters. The molecule has 0 aliphatic carbocycles. The Hall–Kier alpha value is -2.15. The quantitative estimate of drug-likeness (QED) is 0.631. The molecule has 1 amide bonds. The molecule has 0 radical (unpaired) electrons. The summed E-state index contributed by atoms with van der Waals surface area (Å²) >= 11 is 2.27. The number of carbonyl (C=O) groups excluding carboxylic acids is 1. The van der Waals surface area contributed by atoms with Crippen molar-refractivity contribution < 1.29 is 4.79 Å². The Morgan fingerprint density at radius 1 is 1.12 bits per heavy atom. The molecule has 0 fully saturated rings. The third-order valence-corrected chi connectivity index (χ3v) is 4.62. The number of aryl methyl sites for hydroxylation is 1. The zero-order valence-electron chi connectivity index (χ0n) is 13.5. The van der Waals surface area contributed by atoms with Gasteiger partial charge in [-0.25, -0.2) is 0 Å². The van der Waals surface area contributed by atoms with Crippen LogP contribution in [0, 0.1) is 3.57 Å². The second-order valence-electron chi connectivity index (χ2n) is 5.65. The van der Waals surface area contributed by atoms with E-state index in [1.54, 1.807) is 11.7 Å². The Morgan fingerprint density at radius 2 is 1.79 bits per heavy atom. The van der Waals surface area contributed by atoms with Gasteiger partial charge in [0.25, 0.3) is 5.91 Å². The van der Waals surface area contributed by atoms with Crippen LogP contribution in [0.15, 0.2) is 60.7 Å². The average molecular weight is 431 g/mol. The van der Waals surface area contributed by atoms with E-state index in [2.05, 4.69) is 33.0 Å². The van der Waals surface area contributed by atoms with Crippen molar-refractivity contribution in [2.24, 2.45) is 7.05 Å². The van der Waals surface area contributed by atoms with Crippen LogP contribution in [0.25, 0.3) is 11.3 Å². The van der Waals surface area contributed by atoms with Crippen molar-refractivity contribution in [3.05, 3.63) is 75.5 Å². The highest BCUT2D eigenvalue weighted by atomic mass is 127. The molecule has 0 unspecified atom stereocenters. The number of aromatic nitrogens is 2. The van der Waals surface area contributed by atoms with E-state index in [1.807, 2.05) is 67.6 Å². The van der Waals surface area contributed by atoms with Crippen LogP contribution in [0.4, 0.5) is 0 Å². The van der Waals surface area contributed by atoms with Gasteiger partial charge >= 0.3 is 0 Å². The molecule has 0 spiro atoms. The molecule has 3 aromatic rings. The predicted molar refractivity (Wildman–Crippen MR) is 104 cm³/mol. The zero-order valence-corrected chi connectivity index (χ0v) is 15.7. The standard InChI is InChI=1S/C19H18IN3O/c1-13(14-8-10-16(20)11-9-14)21-19(24)18-12-17(22-23(18)2)15-6-4-3-5-7-15/h3-13H,1-2H3,(H,21,24)/t13-/m1/s1. The fraction of sp³-hybridized carbons (Fsp3) is 0.158. The van der Waals surface area contributed by atoms with Crippen LogP contribution >= 0.6 is 22.6 Å². The van der Waals surface area contributed by atoms with E-state index in [0.717, 1.165) is 16.8 Å². The molecule has 3 rings (SSSR count). The van der Waals surface area contributed by atoms with Gasteiger partial charge in [0, 0.05) is 16.2 Å². The normalized spacial score (nSPS) is 12.0. The first-order chi connectivity index (χ1) is 11.5. The summed E-state index contributed by atoms with van der Waals surface area (Å²) in [6, 6.07) is 19.8. The van der Waals surface area contributed by atoms with Gasteiger partial charge in [-0.2, -0.15) is 5.10 Å². The summed E-state index contributed by atoms with van der Waals surface area (Å²) in [6.07, 6.45) is 0. The fourth-order valence-electron chi connectivity index (χ4n) is 2.54. The number of rotatable bonds is 4. The van der Waals surface area contributed by atoms with E-state index < -0.39 is 0 Å². The van der Waals surface area contributed by atoms with Crippen LogP contribution in [0.5, 0.6) is 0 Å². The Labute approximate surface area is 155 Å². The molecule has 0 bridgehead atoms. The number of hydrogen-bond donors (Lipinski definition) is 1. The third kappa shape index (κ3) is 3.67. The number of halogens is 1. The van der Waals surface area contributed by atoms with E-state index in [9.17, 15) is 4.79 Å². The van der Waals surface area contributed by atoms with Gasteiger partial charge in [0.15, 0.2) is 0 Å². The van der Waals surface area contributed by atoms with Crippen LogP contribution < -0.4 is 5.32 Å². The minimum atomic E-state index is -0.127. The number of benzene rings is 2. The fourth-order valence-corrected chi connectivity index (χ4v) is 2.89.